The molecule has 0 unspecified atom stereocenters. The Labute approximate surface area is 114 Å². The van der Waals surface area contributed by atoms with Gasteiger partial charge in [0.15, 0.2) is 5.65 Å². The fourth-order valence-electron chi connectivity index (χ4n) is 1.76. The number of aromatic amines is 1. The number of nitriles is 1. The first-order valence-electron chi connectivity index (χ1n) is 5.89. The lowest BCUT2D eigenvalue weighted by molar-refractivity contribution is 0.129. The number of aromatic nitrogens is 3. The number of hydrogen-bond acceptors (Lipinski definition) is 5. The van der Waals surface area contributed by atoms with Crippen LogP contribution in [0, 0.1) is 11.3 Å². The highest BCUT2D eigenvalue weighted by molar-refractivity contribution is 5.86. The van der Waals surface area contributed by atoms with Crippen LogP contribution in [0.15, 0.2) is 11.0 Å². The van der Waals surface area contributed by atoms with E-state index >= 15 is 0 Å². The van der Waals surface area contributed by atoms with Gasteiger partial charge in [-0.3, -0.25) is 15.1 Å². The largest absolute Gasteiger partial charge is 0.447 e. The Balaban J connectivity index is 2.44. The van der Waals surface area contributed by atoms with Gasteiger partial charge in [-0.05, 0) is 13.8 Å². The first-order valence-corrected chi connectivity index (χ1v) is 5.89. The number of fused-ring (bicyclic) bond motifs is 1. The van der Waals surface area contributed by atoms with E-state index in [9.17, 15) is 9.59 Å². The number of aryl methyl sites for hydroxylation is 1. The molecule has 8 nitrogen and oxygen atoms in total. The van der Waals surface area contributed by atoms with E-state index in [1.165, 1.54) is 6.20 Å². The molecule has 20 heavy (non-hydrogen) atoms. The molecule has 0 aliphatic heterocycles. The van der Waals surface area contributed by atoms with Crippen LogP contribution in [0.3, 0.4) is 0 Å². The zero-order chi connectivity index (χ0) is 14.9. The summed E-state index contributed by atoms with van der Waals surface area (Å²) in [5.74, 6) is -0.0289. The van der Waals surface area contributed by atoms with Crippen molar-refractivity contribution in [1.29, 1.82) is 5.26 Å². The van der Waals surface area contributed by atoms with E-state index in [2.05, 4.69) is 15.3 Å². The van der Waals surface area contributed by atoms with Crippen molar-refractivity contribution < 1.29 is 9.53 Å². The van der Waals surface area contributed by atoms with Gasteiger partial charge in [0.1, 0.15) is 11.5 Å². The van der Waals surface area contributed by atoms with Crippen LogP contribution < -0.4 is 10.9 Å². The molecule has 8 heteroatoms. The summed E-state index contributed by atoms with van der Waals surface area (Å²) in [5.41, 5.74) is 0.0460. The summed E-state index contributed by atoms with van der Waals surface area (Å²) in [7, 11) is 1.66. The minimum absolute atomic E-state index is 0.0289. The number of rotatable bonds is 2. The Morgan fingerprint density at radius 1 is 1.60 bits per heavy atom. The Hall–Kier alpha value is -2.82. The number of H-pyrrole nitrogens is 1. The Bertz CT molecular complexity index is 766. The quantitative estimate of drug-likeness (QED) is 0.851. The second-order valence-corrected chi connectivity index (χ2v) is 4.46. The van der Waals surface area contributed by atoms with E-state index in [0.29, 0.717) is 5.65 Å². The van der Waals surface area contributed by atoms with Crippen LogP contribution in [0.4, 0.5) is 10.7 Å². The normalized spacial score (nSPS) is 10.6. The molecule has 0 atom stereocenters. The standard InChI is InChI=1S/C12H13N5O3/c1-6(2)20-12(19)16-11-14-9-8(10(18)15-11)7(4-13)5-17(9)3/h5-6H,1-3H3,(H2,14,15,16,18,19). The first-order chi connectivity index (χ1) is 9.42. The lowest BCUT2D eigenvalue weighted by Crippen LogP contribution is -2.22. The van der Waals surface area contributed by atoms with Gasteiger partial charge in [0.2, 0.25) is 5.95 Å². The van der Waals surface area contributed by atoms with Crippen molar-refractivity contribution in [2.24, 2.45) is 7.05 Å². The van der Waals surface area contributed by atoms with Crippen molar-refractivity contribution in [3.05, 3.63) is 22.1 Å². The number of hydrogen-bond donors (Lipinski definition) is 2. The number of ether oxygens (including phenoxy) is 1. The van der Waals surface area contributed by atoms with Crippen molar-refractivity contribution in [2.75, 3.05) is 5.32 Å². The van der Waals surface area contributed by atoms with E-state index in [-0.39, 0.29) is 23.0 Å². The monoisotopic (exact) mass is 275 g/mol. The van der Waals surface area contributed by atoms with Crippen LogP contribution in [0.2, 0.25) is 0 Å². The summed E-state index contributed by atoms with van der Waals surface area (Å²) in [6.45, 7) is 3.41. The van der Waals surface area contributed by atoms with Crippen molar-refractivity contribution in [3.8, 4) is 6.07 Å². The minimum atomic E-state index is -0.711. The molecule has 2 aromatic heterocycles. The molecule has 104 valence electrons. The topological polar surface area (TPSA) is 113 Å². The molecule has 0 aromatic carbocycles. The van der Waals surface area contributed by atoms with Gasteiger partial charge in [-0.15, -0.1) is 0 Å². The SMILES string of the molecule is CC(C)OC(=O)Nc1nc2c(c(C#N)cn2C)c(=O)[nH]1. The highest BCUT2D eigenvalue weighted by Gasteiger charge is 2.14. The van der Waals surface area contributed by atoms with Crippen molar-refractivity contribution in [1.82, 2.24) is 14.5 Å². The number of carbonyl (C=O) groups is 1. The molecular weight excluding hydrogens is 262 g/mol. The van der Waals surface area contributed by atoms with Crippen LogP contribution in [0.5, 0.6) is 0 Å². The number of amides is 1. The molecule has 2 N–H and O–H groups in total. The van der Waals surface area contributed by atoms with E-state index < -0.39 is 11.7 Å². The van der Waals surface area contributed by atoms with Gasteiger partial charge < -0.3 is 9.30 Å². The summed E-state index contributed by atoms with van der Waals surface area (Å²) in [6.07, 6.45) is 0.506. The van der Waals surface area contributed by atoms with Gasteiger partial charge in [0, 0.05) is 13.2 Å². The Morgan fingerprint density at radius 2 is 2.30 bits per heavy atom. The van der Waals surface area contributed by atoms with Gasteiger partial charge in [-0.1, -0.05) is 0 Å². The minimum Gasteiger partial charge on any atom is -0.447 e. The number of anilines is 1. The lowest BCUT2D eigenvalue weighted by Gasteiger charge is -2.08. The predicted octanol–water partition coefficient (Wildman–Crippen LogP) is 1.09. The van der Waals surface area contributed by atoms with Crippen LogP contribution in [-0.2, 0) is 11.8 Å². The summed E-state index contributed by atoms with van der Waals surface area (Å²) >= 11 is 0. The van der Waals surface area contributed by atoms with Crippen molar-refractivity contribution >= 4 is 23.1 Å². The average Bonchev–Trinajstić information content (AvgIpc) is 2.65. The van der Waals surface area contributed by atoms with Crippen LogP contribution in [0.1, 0.15) is 19.4 Å². The smallest absolute Gasteiger partial charge is 0.414 e. The molecule has 0 aliphatic rings. The summed E-state index contributed by atoms with van der Waals surface area (Å²) in [6, 6.07) is 1.93. The van der Waals surface area contributed by atoms with Crippen molar-refractivity contribution in [3.63, 3.8) is 0 Å². The molecule has 0 aliphatic carbocycles. The number of carbonyl (C=O) groups excluding carboxylic acids is 1. The average molecular weight is 275 g/mol. The molecule has 0 fully saturated rings. The maximum atomic E-state index is 11.9. The number of nitrogens with one attached hydrogen (secondary N) is 2. The van der Waals surface area contributed by atoms with Gasteiger partial charge in [0.05, 0.1) is 11.7 Å². The Kier molecular flexibility index (Phi) is 3.43. The fraction of sp³-hybridized carbons (Fsp3) is 0.333. The van der Waals surface area contributed by atoms with Crippen LogP contribution in [0.25, 0.3) is 11.0 Å². The summed E-state index contributed by atoms with van der Waals surface area (Å²) in [4.78, 5) is 29.9. The van der Waals surface area contributed by atoms with Crippen molar-refractivity contribution in [2.45, 2.75) is 20.0 Å². The van der Waals surface area contributed by atoms with Gasteiger partial charge in [0.25, 0.3) is 5.56 Å². The maximum Gasteiger partial charge on any atom is 0.414 e. The molecule has 0 bridgehead atoms. The lowest BCUT2D eigenvalue weighted by atomic mass is 10.3. The first kappa shape index (κ1) is 13.6. The molecule has 0 saturated carbocycles. The summed E-state index contributed by atoms with van der Waals surface area (Å²) in [5, 5.41) is 11.5. The van der Waals surface area contributed by atoms with Gasteiger partial charge in [-0.25, -0.2) is 4.79 Å². The van der Waals surface area contributed by atoms with E-state index in [0.717, 1.165) is 0 Å². The van der Waals surface area contributed by atoms with Gasteiger partial charge >= 0.3 is 6.09 Å². The molecule has 2 rings (SSSR count). The number of nitrogens with zero attached hydrogens (tertiary/aromatic N) is 3. The van der Waals surface area contributed by atoms with E-state index in [4.69, 9.17) is 10.00 Å². The molecule has 0 saturated heterocycles. The van der Waals surface area contributed by atoms with Crippen LogP contribution >= 0.6 is 0 Å². The third kappa shape index (κ3) is 2.47. The third-order valence-corrected chi connectivity index (χ3v) is 2.51. The molecule has 0 radical (unpaired) electrons. The second kappa shape index (κ2) is 5.05. The maximum absolute atomic E-state index is 11.9. The highest BCUT2D eigenvalue weighted by atomic mass is 16.6. The Morgan fingerprint density at radius 3 is 2.90 bits per heavy atom. The second-order valence-electron chi connectivity index (χ2n) is 4.46. The van der Waals surface area contributed by atoms with E-state index in [1.807, 2.05) is 6.07 Å². The van der Waals surface area contributed by atoms with Gasteiger partial charge in [-0.2, -0.15) is 10.2 Å². The zero-order valence-corrected chi connectivity index (χ0v) is 11.2. The summed E-state index contributed by atoms with van der Waals surface area (Å²) < 4.78 is 6.44. The molecule has 2 heterocycles. The third-order valence-electron chi connectivity index (χ3n) is 2.51. The molecular formula is C12H13N5O3. The molecule has 1 amide bonds. The fourth-order valence-corrected chi connectivity index (χ4v) is 1.76. The van der Waals surface area contributed by atoms with E-state index in [1.54, 1.807) is 25.5 Å². The highest BCUT2D eigenvalue weighted by Crippen LogP contribution is 2.15. The van der Waals surface area contributed by atoms with Crippen LogP contribution in [-0.4, -0.2) is 26.7 Å². The predicted molar refractivity (Wildman–Crippen MR) is 71.3 cm³/mol. The molecule has 2 aromatic rings. The zero-order valence-electron chi connectivity index (χ0n) is 11.2. The molecule has 0 spiro atoms.